The fraction of sp³-hybridized carbons (Fsp3) is 0.474. The van der Waals surface area contributed by atoms with Crippen molar-refractivity contribution in [3.8, 4) is 5.69 Å². The Labute approximate surface area is 172 Å². The maximum absolute atomic E-state index is 12.6. The Balaban J connectivity index is 1.89. The van der Waals surface area contributed by atoms with E-state index in [4.69, 9.17) is 4.74 Å². The van der Waals surface area contributed by atoms with Crippen LogP contribution in [0.15, 0.2) is 47.1 Å². The van der Waals surface area contributed by atoms with Crippen LogP contribution in [-0.4, -0.2) is 55.0 Å². The number of hydrogen-bond donors (Lipinski definition) is 0. The quantitative estimate of drug-likeness (QED) is 0.244. The number of rotatable bonds is 10. The molecule has 0 saturated heterocycles. The van der Waals surface area contributed by atoms with Gasteiger partial charge in [-0.15, -0.1) is 0 Å². The molecule has 1 heterocycles. The highest BCUT2D eigenvalue weighted by Gasteiger charge is 2.23. The molecule has 0 saturated carbocycles. The fourth-order valence-electron chi connectivity index (χ4n) is 2.43. The summed E-state index contributed by atoms with van der Waals surface area (Å²) >= 11 is 0. The third-order valence-electron chi connectivity index (χ3n) is 4.19. The predicted octanol–water partition coefficient (Wildman–Crippen LogP) is 3.04. The summed E-state index contributed by atoms with van der Waals surface area (Å²) < 4.78 is 31.8. The molecule has 0 aliphatic rings. The topological polar surface area (TPSA) is 104 Å². The summed E-state index contributed by atoms with van der Waals surface area (Å²) in [6.45, 7) is 8.77. The SMILES string of the molecule is C/C(=C\CCCS(=O)(=O)c1nnnn1-c1ccccc1)C(=O)OCC[Si](C)(C)C. The molecule has 1 aromatic carbocycles. The van der Waals surface area contributed by atoms with Crippen molar-refractivity contribution in [3.05, 3.63) is 42.0 Å². The number of para-hydroxylation sites is 1. The minimum atomic E-state index is -3.66. The molecule has 0 aliphatic heterocycles. The van der Waals surface area contributed by atoms with E-state index in [9.17, 15) is 13.2 Å². The van der Waals surface area contributed by atoms with Gasteiger partial charge in [0.15, 0.2) is 0 Å². The first-order valence-electron chi connectivity index (χ1n) is 9.51. The van der Waals surface area contributed by atoms with Crippen LogP contribution >= 0.6 is 0 Å². The zero-order valence-corrected chi connectivity index (χ0v) is 19.1. The van der Waals surface area contributed by atoms with Crippen LogP contribution in [0, 0.1) is 0 Å². The number of esters is 1. The first kappa shape index (κ1) is 23.0. The van der Waals surface area contributed by atoms with E-state index in [1.807, 2.05) is 6.07 Å². The van der Waals surface area contributed by atoms with Crippen molar-refractivity contribution in [2.24, 2.45) is 0 Å². The van der Waals surface area contributed by atoms with E-state index in [0.29, 0.717) is 30.7 Å². The van der Waals surface area contributed by atoms with E-state index in [2.05, 4.69) is 35.2 Å². The maximum atomic E-state index is 12.6. The van der Waals surface area contributed by atoms with Gasteiger partial charge in [0.25, 0.3) is 5.16 Å². The van der Waals surface area contributed by atoms with Crippen molar-refractivity contribution in [2.75, 3.05) is 12.4 Å². The van der Waals surface area contributed by atoms with Crippen molar-refractivity contribution < 1.29 is 17.9 Å². The first-order valence-corrected chi connectivity index (χ1v) is 14.9. The van der Waals surface area contributed by atoms with Gasteiger partial charge >= 0.3 is 5.97 Å². The molecule has 1 aromatic heterocycles. The molecule has 0 radical (unpaired) electrons. The van der Waals surface area contributed by atoms with Crippen LogP contribution in [0.5, 0.6) is 0 Å². The minimum absolute atomic E-state index is 0.116. The molecule has 0 unspecified atom stereocenters. The smallest absolute Gasteiger partial charge is 0.333 e. The fourth-order valence-corrected chi connectivity index (χ4v) is 4.44. The number of carbonyl (C=O) groups is 1. The largest absolute Gasteiger partial charge is 0.463 e. The number of hydrogen-bond acceptors (Lipinski definition) is 7. The van der Waals surface area contributed by atoms with Gasteiger partial charge in [0.05, 0.1) is 18.0 Å². The van der Waals surface area contributed by atoms with Crippen LogP contribution in [0.1, 0.15) is 19.8 Å². The van der Waals surface area contributed by atoms with Gasteiger partial charge in [-0.3, -0.25) is 0 Å². The average Bonchev–Trinajstić information content (AvgIpc) is 3.15. The number of aromatic nitrogens is 4. The van der Waals surface area contributed by atoms with Crippen molar-refractivity contribution in [1.29, 1.82) is 0 Å². The molecule has 10 heteroatoms. The van der Waals surface area contributed by atoms with Crippen LogP contribution in [0.25, 0.3) is 5.69 Å². The lowest BCUT2D eigenvalue weighted by molar-refractivity contribution is -0.138. The summed E-state index contributed by atoms with van der Waals surface area (Å²) in [4.78, 5) is 12.0. The highest BCUT2D eigenvalue weighted by molar-refractivity contribution is 7.91. The maximum Gasteiger partial charge on any atom is 0.333 e. The molecule has 2 aromatic rings. The van der Waals surface area contributed by atoms with Crippen LogP contribution in [0.4, 0.5) is 0 Å². The van der Waals surface area contributed by atoms with Crippen molar-refractivity contribution >= 4 is 23.9 Å². The van der Waals surface area contributed by atoms with Crippen LogP contribution in [0.2, 0.25) is 25.7 Å². The number of allylic oxidation sites excluding steroid dienone is 1. The Morgan fingerprint density at radius 2 is 1.90 bits per heavy atom. The normalized spacial score (nSPS) is 12.8. The molecule has 29 heavy (non-hydrogen) atoms. The summed E-state index contributed by atoms with van der Waals surface area (Å²) in [6.07, 6.45) is 2.51. The molecule has 158 valence electrons. The summed E-state index contributed by atoms with van der Waals surface area (Å²) in [5.74, 6) is -0.464. The van der Waals surface area contributed by atoms with Gasteiger partial charge in [0.2, 0.25) is 9.84 Å². The van der Waals surface area contributed by atoms with E-state index in [1.165, 1.54) is 4.68 Å². The van der Waals surface area contributed by atoms with Crippen molar-refractivity contribution in [1.82, 2.24) is 20.2 Å². The molecule has 0 amide bonds. The highest BCUT2D eigenvalue weighted by atomic mass is 32.2. The molecular weight excluding hydrogens is 408 g/mol. The van der Waals surface area contributed by atoms with E-state index in [-0.39, 0.29) is 16.9 Å². The Morgan fingerprint density at radius 1 is 1.21 bits per heavy atom. The molecule has 0 N–H and O–H groups in total. The van der Waals surface area contributed by atoms with Gasteiger partial charge in [-0.2, -0.15) is 4.68 Å². The van der Waals surface area contributed by atoms with Crippen molar-refractivity contribution in [2.45, 2.75) is 50.6 Å². The zero-order valence-electron chi connectivity index (χ0n) is 17.3. The Bertz CT molecular complexity index is 950. The number of nitrogens with zero attached hydrogens (tertiary/aromatic N) is 4. The first-order chi connectivity index (χ1) is 13.6. The monoisotopic (exact) mass is 436 g/mol. The van der Waals surface area contributed by atoms with Gasteiger partial charge in [0, 0.05) is 13.6 Å². The Hall–Kier alpha value is -2.33. The minimum Gasteiger partial charge on any atom is -0.463 e. The zero-order chi connectivity index (χ0) is 21.5. The van der Waals surface area contributed by atoms with Crippen LogP contribution < -0.4 is 0 Å². The van der Waals surface area contributed by atoms with E-state index in [0.717, 1.165) is 6.04 Å². The Morgan fingerprint density at radius 3 is 2.55 bits per heavy atom. The van der Waals surface area contributed by atoms with Gasteiger partial charge in [-0.1, -0.05) is 49.0 Å². The second kappa shape index (κ2) is 9.93. The van der Waals surface area contributed by atoms with Crippen molar-refractivity contribution in [3.63, 3.8) is 0 Å². The lowest BCUT2D eigenvalue weighted by atomic mass is 10.2. The van der Waals surface area contributed by atoms with Gasteiger partial charge in [-0.25, -0.2) is 13.2 Å². The molecule has 8 nitrogen and oxygen atoms in total. The van der Waals surface area contributed by atoms with E-state index in [1.54, 1.807) is 37.3 Å². The summed E-state index contributed by atoms with van der Waals surface area (Å²) in [7, 11) is -4.91. The van der Waals surface area contributed by atoms with Crippen LogP contribution in [-0.2, 0) is 19.4 Å². The highest BCUT2D eigenvalue weighted by Crippen LogP contribution is 2.15. The molecule has 2 rings (SSSR count). The number of benzene rings is 1. The lowest BCUT2D eigenvalue weighted by Gasteiger charge is -2.15. The van der Waals surface area contributed by atoms with E-state index >= 15 is 0 Å². The summed E-state index contributed by atoms with van der Waals surface area (Å²) in [6, 6.07) is 9.77. The second-order valence-corrected chi connectivity index (χ2v) is 15.6. The summed E-state index contributed by atoms with van der Waals surface area (Å²) in [5.41, 5.74) is 1.07. The predicted molar refractivity (Wildman–Crippen MR) is 113 cm³/mol. The molecule has 0 spiro atoms. The number of unbranched alkanes of at least 4 members (excludes halogenated alkanes) is 1. The third kappa shape index (κ3) is 7.21. The second-order valence-electron chi connectivity index (χ2n) is 8.00. The number of carbonyl (C=O) groups excluding carboxylic acids is 1. The average molecular weight is 437 g/mol. The number of ether oxygens (including phenoxy) is 1. The molecular formula is C19H28N4O4SSi. The number of sulfone groups is 1. The number of tetrazole rings is 1. The molecule has 0 fully saturated rings. The van der Waals surface area contributed by atoms with Crippen LogP contribution in [0.3, 0.4) is 0 Å². The standard InChI is InChI=1S/C19H28N4O4SSi/c1-16(18(24)27-13-15-29(2,3)4)10-8-9-14-28(25,26)19-20-21-22-23(19)17-11-6-5-7-12-17/h5-7,10-12H,8-9,13-15H2,1-4H3/b16-10+. The Kier molecular flexibility index (Phi) is 7.85. The molecule has 0 atom stereocenters. The lowest BCUT2D eigenvalue weighted by Crippen LogP contribution is -2.22. The van der Waals surface area contributed by atoms with E-state index < -0.39 is 17.9 Å². The van der Waals surface area contributed by atoms with Gasteiger partial charge in [0.1, 0.15) is 0 Å². The summed E-state index contributed by atoms with van der Waals surface area (Å²) in [5, 5.41) is 10.8. The van der Waals surface area contributed by atoms with Gasteiger partial charge < -0.3 is 4.74 Å². The molecule has 0 bridgehead atoms. The van der Waals surface area contributed by atoms with Gasteiger partial charge in [-0.05, 0) is 48.4 Å². The molecule has 0 aliphatic carbocycles. The third-order valence-corrected chi connectivity index (χ3v) is 7.54.